The molecule has 0 aromatic carbocycles. The lowest BCUT2D eigenvalue weighted by Gasteiger charge is -2.36. The first-order valence-electron chi connectivity index (χ1n) is 6.76. The molecular formula is C13H29N3. The molecule has 0 aromatic heterocycles. The van der Waals surface area contributed by atoms with E-state index >= 15 is 0 Å². The monoisotopic (exact) mass is 227 g/mol. The van der Waals surface area contributed by atoms with Crippen LogP contribution in [-0.4, -0.2) is 62.2 Å². The Kier molecular flexibility index (Phi) is 6.32. The van der Waals surface area contributed by atoms with E-state index in [1.165, 1.54) is 38.9 Å². The normalized spacial score (nSPS) is 24.8. The maximum Gasteiger partial charge on any atom is 0.0197 e. The molecule has 1 saturated heterocycles. The SMILES string of the molecule is CCN(C(C)CN(C)C)C1CCCNCC1. The van der Waals surface area contributed by atoms with Crippen LogP contribution in [0.2, 0.25) is 0 Å². The Labute approximate surface area is 101 Å². The highest BCUT2D eigenvalue weighted by Crippen LogP contribution is 2.16. The zero-order valence-electron chi connectivity index (χ0n) is 11.5. The predicted octanol–water partition coefficient (Wildman–Crippen LogP) is 1.40. The van der Waals surface area contributed by atoms with E-state index in [1.54, 1.807) is 0 Å². The van der Waals surface area contributed by atoms with Crippen LogP contribution in [0.3, 0.4) is 0 Å². The number of hydrogen-bond donors (Lipinski definition) is 1. The van der Waals surface area contributed by atoms with E-state index in [1.807, 2.05) is 0 Å². The lowest BCUT2D eigenvalue weighted by Crippen LogP contribution is -2.46. The molecular weight excluding hydrogens is 198 g/mol. The third-order valence-corrected chi connectivity index (χ3v) is 3.57. The highest BCUT2D eigenvalue weighted by Gasteiger charge is 2.23. The van der Waals surface area contributed by atoms with Gasteiger partial charge >= 0.3 is 0 Å². The number of nitrogens with one attached hydrogen (secondary N) is 1. The molecule has 1 aliphatic heterocycles. The fraction of sp³-hybridized carbons (Fsp3) is 1.00. The van der Waals surface area contributed by atoms with Gasteiger partial charge < -0.3 is 10.2 Å². The highest BCUT2D eigenvalue weighted by atomic mass is 15.2. The van der Waals surface area contributed by atoms with Crippen molar-refractivity contribution in [3.63, 3.8) is 0 Å². The van der Waals surface area contributed by atoms with Gasteiger partial charge in [0.05, 0.1) is 0 Å². The number of likely N-dealkylation sites (N-methyl/N-ethyl adjacent to an activating group) is 2. The third-order valence-electron chi connectivity index (χ3n) is 3.57. The van der Waals surface area contributed by atoms with Crippen molar-refractivity contribution < 1.29 is 0 Å². The average molecular weight is 227 g/mol. The van der Waals surface area contributed by atoms with Crippen molar-refractivity contribution in [1.82, 2.24) is 15.1 Å². The lowest BCUT2D eigenvalue weighted by molar-refractivity contribution is 0.118. The molecule has 16 heavy (non-hydrogen) atoms. The van der Waals surface area contributed by atoms with E-state index in [2.05, 4.69) is 43.1 Å². The molecule has 0 bridgehead atoms. The summed E-state index contributed by atoms with van der Waals surface area (Å²) >= 11 is 0. The second kappa shape index (κ2) is 7.25. The van der Waals surface area contributed by atoms with Crippen LogP contribution >= 0.6 is 0 Å². The molecule has 0 spiro atoms. The minimum atomic E-state index is 0.670. The van der Waals surface area contributed by atoms with Crippen molar-refractivity contribution in [2.75, 3.05) is 40.3 Å². The van der Waals surface area contributed by atoms with Crippen LogP contribution in [0.4, 0.5) is 0 Å². The quantitative estimate of drug-likeness (QED) is 0.766. The average Bonchev–Trinajstić information content (AvgIpc) is 2.46. The molecule has 0 aliphatic carbocycles. The van der Waals surface area contributed by atoms with Gasteiger partial charge in [-0.3, -0.25) is 4.90 Å². The molecule has 1 N–H and O–H groups in total. The number of nitrogens with zero attached hydrogens (tertiary/aromatic N) is 2. The Bertz CT molecular complexity index is 174. The smallest absolute Gasteiger partial charge is 0.0197 e. The summed E-state index contributed by atoms with van der Waals surface area (Å²) in [6.45, 7) is 9.40. The minimum absolute atomic E-state index is 0.670. The Hall–Kier alpha value is -0.120. The van der Waals surface area contributed by atoms with Gasteiger partial charge in [0.1, 0.15) is 0 Å². The van der Waals surface area contributed by atoms with Gasteiger partial charge in [-0.25, -0.2) is 0 Å². The predicted molar refractivity (Wildman–Crippen MR) is 70.9 cm³/mol. The van der Waals surface area contributed by atoms with Crippen LogP contribution in [0.5, 0.6) is 0 Å². The van der Waals surface area contributed by atoms with Crippen LogP contribution in [-0.2, 0) is 0 Å². The number of rotatable bonds is 5. The lowest BCUT2D eigenvalue weighted by atomic mass is 10.1. The third kappa shape index (κ3) is 4.40. The Morgan fingerprint density at radius 2 is 2.00 bits per heavy atom. The van der Waals surface area contributed by atoms with E-state index in [9.17, 15) is 0 Å². The first kappa shape index (κ1) is 13.9. The molecule has 0 radical (unpaired) electrons. The van der Waals surface area contributed by atoms with E-state index in [4.69, 9.17) is 0 Å². The van der Waals surface area contributed by atoms with Gasteiger partial charge in [0.15, 0.2) is 0 Å². The zero-order valence-corrected chi connectivity index (χ0v) is 11.5. The van der Waals surface area contributed by atoms with Gasteiger partial charge in [0, 0.05) is 18.6 Å². The van der Waals surface area contributed by atoms with Gasteiger partial charge in [-0.15, -0.1) is 0 Å². The largest absolute Gasteiger partial charge is 0.317 e. The standard InChI is InChI=1S/C13H29N3/c1-5-16(12(2)11-15(3)4)13-7-6-9-14-10-8-13/h12-14H,5-11H2,1-4H3. The van der Waals surface area contributed by atoms with Crippen LogP contribution in [0.1, 0.15) is 33.1 Å². The summed E-state index contributed by atoms with van der Waals surface area (Å²) in [5, 5.41) is 3.50. The molecule has 1 aliphatic rings. The summed E-state index contributed by atoms with van der Waals surface area (Å²) in [4.78, 5) is 4.98. The molecule has 1 fully saturated rings. The van der Waals surface area contributed by atoms with Gasteiger partial charge in [-0.2, -0.15) is 0 Å². The van der Waals surface area contributed by atoms with Gasteiger partial charge in [-0.05, 0) is 59.9 Å². The van der Waals surface area contributed by atoms with Crippen molar-refractivity contribution in [2.24, 2.45) is 0 Å². The van der Waals surface area contributed by atoms with Crippen molar-refractivity contribution in [1.29, 1.82) is 0 Å². The molecule has 0 amide bonds. The van der Waals surface area contributed by atoms with Crippen molar-refractivity contribution in [2.45, 2.75) is 45.2 Å². The van der Waals surface area contributed by atoms with E-state index < -0.39 is 0 Å². The van der Waals surface area contributed by atoms with Crippen molar-refractivity contribution in [3.8, 4) is 0 Å². The summed E-state index contributed by atoms with van der Waals surface area (Å²) in [6, 6.07) is 1.46. The number of hydrogen-bond acceptors (Lipinski definition) is 3. The molecule has 0 saturated carbocycles. The molecule has 1 heterocycles. The Morgan fingerprint density at radius 3 is 2.62 bits per heavy atom. The summed E-state index contributed by atoms with van der Waals surface area (Å²) in [6.07, 6.45) is 4.00. The molecule has 96 valence electrons. The van der Waals surface area contributed by atoms with Gasteiger partial charge in [-0.1, -0.05) is 6.92 Å². The fourth-order valence-electron chi connectivity index (χ4n) is 2.90. The molecule has 2 unspecified atom stereocenters. The second-order valence-corrected chi connectivity index (χ2v) is 5.28. The Balaban J connectivity index is 2.49. The summed E-state index contributed by atoms with van der Waals surface area (Å²) in [5.41, 5.74) is 0. The summed E-state index contributed by atoms with van der Waals surface area (Å²) in [5.74, 6) is 0. The van der Waals surface area contributed by atoms with E-state index in [0.29, 0.717) is 6.04 Å². The molecule has 0 aromatic rings. The maximum atomic E-state index is 3.50. The zero-order chi connectivity index (χ0) is 12.0. The summed E-state index contributed by atoms with van der Waals surface area (Å²) < 4.78 is 0. The van der Waals surface area contributed by atoms with Crippen LogP contribution < -0.4 is 5.32 Å². The maximum absolute atomic E-state index is 3.50. The van der Waals surface area contributed by atoms with Crippen molar-refractivity contribution >= 4 is 0 Å². The fourth-order valence-corrected chi connectivity index (χ4v) is 2.90. The Morgan fingerprint density at radius 1 is 1.25 bits per heavy atom. The van der Waals surface area contributed by atoms with Gasteiger partial charge in [0.2, 0.25) is 0 Å². The topological polar surface area (TPSA) is 18.5 Å². The molecule has 3 nitrogen and oxygen atoms in total. The van der Waals surface area contributed by atoms with Crippen LogP contribution in [0, 0.1) is 0 Å². The second-order valence-electron chi connectivity index (χ2n) is 5.28. The van der Waals surface area contributed by atoms with Gasteiger partial charge in [0.25, 0.3) is 0 Å². The highest BCUT2D eigenvalue weighted by molar-refractivity contribution is 4.80. The van der Waals surface area contributed by atoms with Crippen molar-refractivity contribution in [3.05, 3.63) is 0 Å². The van der Waals surface area contributed by atoms with Crippen LogP contribution in [0.25, 0.3) is 0 Å². The molecule has 1 rings (SSSR count). The van der Waals surface area contributed by atoms with Crippen LogP contribution in [0.15, 0.2) is 0 Å². The van der Waals surface area contributed by atoms with E-state index in [-0.39, 0.29) is 0 Å². The summed E-state index contributed by atoms with van der Waals surface area (Å²) in [7, 11) is 4.33. The molecule has 3 heteroatoms. The molecule has 2 atom stereocenters. The first-order valence-corrected chi connectivity index (χ1v) is 6.76. The first-order chi connectivity index (χ1) is 7.65. The van der Waals surface area contributed by atoms with E-state index in [0.717, 1.165) is 12.6 Å². The minimum Gasteiger partial charge on any atom is -0.317 e.